The van der Waals surface area contributed by atoms with E-state index in [2.05, 4.69) is 15.9 Å². The second kappa shape index (κ2) is 4.28. The van der Waals surface area contributed by atoms with Crippen LogP contribution in [0.1, 0.15) is 18.4 Å². The van der Waals surface area contributed by atoms with Gasteiger partial charge in [-0.3, -0.25) is 4.79 Å². The van der Waals surface area contributed by atoms with Gasteiger partial charge < -0.3 is 5.11 Å². The first-order valence-electron chi connectivity index (χ1n) is 3.81. The molecule has 14 heavy (non-hydrogen) atoms. The predicted octanol–water partition coefficient (Wildman–Crippen LogP) is 3.43. The zero-order chi connectivity index (χ0) is 10.9. The minimum absolute atomic E-state index is 0.00791. The van der Waals surface area contributed by atoms with Crippen molar-refractivity contribution in [2.75, 3.05) is 0 Å². The van der Waals surface area contributed by atoms with E-state index in [0.717, 1.165) is 0 Å². The lowest BCUT2D eigenvalue weighted by molar-refractivity contribution is -0.138. The maximum atomic E-state index is 13.5. The molecule has 0 radical (unpaired) electrons. The highest BCUT2D eigenvalue weighted by Gasteiger charge is 2.22. The third-order valence-corrected chi connectivity index (χ3v) is 2.82. The molecule has 0 saturated heterocycles. The van der Waals surface area contributed by atoms with E-state index in [-0.39, 0.29) is 15.1 Å². The number of carboxylic acids is 1. The molecule has 0 bridgehead atoms. The van der Waals surface area contributed by atoms with E-state index in [9.17, 15) is 9.18 Å². The van der Waals surface area contributed by atoms with E-state index >= 15 is 0 Å². The van der Waals surface area contributed by atoms with Gasteiger partial charge in [0.15, 0.2) is 0 Å². The fourth-order valence-electron chi connectivity index (χ4n) is 1.06. The SMILES string of the molecule is CC(C(=O)O)c1c(Cl)ccc(Br)c1F. The summed E-state index contributed by atoms with van der Waals surface area (Å²) in [5.74, 6) is -2.68. The Labute approximate surface area is 93.8 Å². The largest absolute Gasteiger partial charge is 0.481 e. The average molecular weight is 282 g/mol. The zero-order valence-corrected chi connectivity index (χ0v) is 9.56. The Bertz CT molecular complexity index is 381. The van der Waals surface area contributed by atoms with Gasteiger partial charge in [-0.05, 0) is 35.0 Å². The number of halogens is 3. The number of rotatable bonds is 2. The van der Waals surface area contributed by atoms with Crippen LogP contribution in [0.4, 0.5) is 4.39 Å². The van der Waals surface area contributed by atoms with Crippen LogP contribution in [0, 0.1) is 5.82 Å². The number of benzene rings is 1. The Morgan fingerprint density at radius 3 is 2.71 bits per heavy atom. The molecule has 0 aliphatic heterocycles. The topological polar surface area (TPSA) is 37.3 Å². The van der Waals surface area contributed by atoms with Crippen molar-refractivity contribution >= 4 is 33.5 Å². The normalized spacial score (nSPS) is 12.6. The highest BCUT2D eigenvalue weighted by atomic mass is 79.9. The smallest absolute Gasteiger partial charge is 0.310 e. The van der Waals surface area contributed by atoms with Crippen molar-refractivity contribution in [2.45, 2.75) is 12.8 Å². The van der Waals surface area contributed by atoms with Gasteiger partial charge in [-0.2, -0.15) is 0 Å². The molecule has 1 rings (SSSR count). The number of carbonyl (C=O) groups is 1. The second-order valence-electron chi connectivity index (χ2n) is 2.82. The standard InChI is InChI=1S/C9H7BrClFO2/c1-4(9(13)14)7-6(11)3-2-5(10)8(7)12/h2-4H,1H3,(H,13,14). The van der Waals surface area contributed by atoms with Gasteiger partial charge in [-0.25, -0.2) is 4.39 Å². The summed E-state index contributed by atoms with van der Waals surface area (Å²) in [6, 6.07) is 2.90. The van der Waals surface area contributed by atoms with Crippen LogP contribution in [0.25, 0.3) is 0 Å². The van der Waals surface area contributed by atoms with Gasteiger partial charge in [0.05, 0.1) is 10.4 Å². The molecule has 1 aromatic carbocycles. The van der Waals surface area contributed by atoms with E-state index in [1.807, 2.05) is 0 Å². The van der Waals surface area contributed by atoms with Gasteiger partial charge >= 0.3 is 5.97 Å². The van der Waals surface area contributed by atoms with E-state index in [0.29, 0.717) is 0 Å². The molecule has 0 saturated carbocycles. The van der Waals surface area contributed by atoms with Gasteiger partial charge in [-0.15, -0.1) is 0 Å². The van der Waals surface area contributed by atoms with Crippen LogP contribution in [0.2, 0.25) is 5.02 Å². The predicted molar refractivity (Wildman–Crippen MR) is 55.2 cm³/mol. The van der Waals surface area contributed by atoms with E-state index in [1.54, 1.807) is 0 Å². The maximum absolute atomic E-state index is 13.5. The van der Waals surface area contributed by atoms with Crippen LogP contribution in [-0.4, -0.2) is 11.1 Å². The van der Waals surface area contributed by atoms with Crippen molar-refractivity contribution in [3.05, 3.63) is 33.0 Å². The van der Waals surface area contributed by atoms with Crippen molar-refractivity contribution in [1.29, 1.82) is 0 Å². The Hall–Kier alpha value is -0.610. The van der Waals surface area contributed by atoms with Crippen molar-refractivity contribution < 1.29 is 14.3 Å². The van der Waals surface area contributed by atoms with Crippen LogP contribution in [0.5, 0.6) is 0 Å². The Morgan fingerprint density at radius 1 is 1.64 bits per heavy atom. The summed E-state index contributed by atoms with van der Waals surface area (Å²) < 4.78 is 13.7. The molecule has 76 valence electrons. The third-order valence-electron chi connectivity index (χ3n) is 1.88. The number of aliphatic carboxylic acids is 1. The molecule has 1 unspecified atom stereocenters. The zero-order valence-electron chi connectivity index (χ0n) is 7.22. The van der Waals surface area contributed by atoms with Crippen molar-refractivity contribution in [2.24, 2.45) is 0 Å². The molecule has 0 heterocycles. The number of hydrogen-bond acceptors (Lipinski definition) is 1. The highest BCUT2D eigenvalue weighted by Crippen LogP contribution is 2.31. The lowest BCUT2D eigenvalue weighted by atomic mass is 10.0. The number of hydrogen-bond donors (Lipinski definition) is 1. The van der Waals surface area contributed by atoms with Crippen LogP contribution < -0.4 is 0 Å². The summed E-state index contributed by atoms with van der Waals surface area (Å²) in [6.45, 7) is 1.39. The Morgan fingerprint density at radius 2 is 2.21 bits per heavy atom. The van der Waals surface area contributed by atoms with Crippen LogP contribution in [0.15, 0.2) is 16.6 Å². The maximum Gasteiger partial charge on any atom is 0.310 e. The van der Waals surface area contributed by atoms with Gasteiger partial charge in [0.2, 0.25) is 0 Å². The summed E-state index contributed by atoms with van der Waals surface area (Å²) in [5, 5.41) is 8.86. The molecule has 5 heteroatoms. The molecule has 0 aliphatic carbocycles. The molecule has 1 atom stereocenters. The minimum Gasteiger partial charge on any atom is -0.481 e. The fourth-order valence-corrected chi connectivity index (χ4v) is 1.72. The number of carboxylic acid groups (broad SMARTS) is 1. The summed E-state index contributed by atoms with van der Waals surface area (Å²) in [6.07, 6.45) is 0. The molecule has 1 N–H and O–H groups in total. The lowest BCUT2D eigenvalue weighted by Gasteiger charge is -2.10. The second-order valence-corrected chi connectivity index (χ2v) is 4.08. The fraction of sp³-hybridized carbons (Fsp3) is 0.222. The summed E-state index contributed by atoms with van der Waals surface area (Å²) in [7, 11) is 0. The molecular weight excluding hydrogens is 274 g/mol. The quantitative estimate of drug-likeness (QED) is 0.843. The van der Waals surface area contributed by atoms with Crippen molar-refractivity contribution in [3.63, 3.8) is 0 Å². The first-order chi connectivity index (χ1) is 6.45. The summed E-state index contributed by atoms with van der Waals surface area (Å²) in [5.41, 5.74) is 0.00791. The van der Waals surface area contributed by atoms with Gasteiger partial charge in [0.25, 0.3) is 0 Å². The van der Waals surface area contributed by atoms with E-state index in [1.165, 1.54) is 19.1 Å². The summed E-state index contributed by atoms with van der Waals surface area (Å²) in [4.78, 5) is 10.7. The minimum atomic E-state index is -1.11. The monoisotopic (exact) mass is 280 g/mol. The Kier molecular flexibility index (Phi) is 3.50. The molecule has 1 aromatic rings. The van der Waals surface area contributed by atoms with Crippen LogP contribution in [-0.2, 0) is 4.79 Å². The third kappa shape index (κ3) is 2.07. The summed E-state index contributed by atoms with van der Waals surface area (Å²) >= 11 is 8.69. The highest BCUT2D eigenvalue weighted by molar-refractivity contribution is 9.10. The van der Waals surface area contributed by atoms with Gasteiger partial charge in [0.1, 0.15) is 5.82 Å². The van der Waals surface area contributed by atoms with Crippen molar-refractivity contribution in [1.82, 2.24) is 0 Å². The average Bonchev–Trinajstić information content (AvgIpc) is 2.12. The first-order valence-corrected chi connectivity index (χ1v) is 4.98. The van der Waals surface area contributed by atoms with Gasteiger partial charge in [-0.1, -0.05) is 11.6 Å². The Balaban J connectivity index is 3.32. The van der Waals surface area contributed by atoms with Gasteiger partial charge in [0, 0.05) is 10.6 Å². The molecule has 0 spiro atoms. The molecule has 0 aliphatic rings. The van der Waals surface area contributed by atoms with E-state index in [4.69, 9.17) is 16.7 Å². The van der Waals surface area contributed by atoms with E-state index < -0.39 is 17.7 Å². The molecule has 2 nitrogen and oxygen atoms in total. The lowest BCUT2D eigenvalue weighted by Crippen LogP contribution is -2.10. The first kappa shape index (κ1) is 11.5. The van der Waals surface area contributed by atoms with Crippen LogP contribution >= 0.6 is 27.5 Å². The molecule has 0 amide bonds. The van der Waals surface area contributed by atoms with Crippen molar-refractivity contribution in [3.8, 4) is 0 Å². The molecule has 0 aromatic heterocycles. The van der Waals surface area contributed by atoms with Crippen LogP contribution in [0.3, 0.4) is 0 Å². The molecular formula is C9H7BrClFO2. The molecule has 0 fully saturated rings.